The number of nitrogens with one attached hydrogen (secondary N) is 1. The third kappa shape index (κ3) is 3.07. The van der Waals surface area contributed by atoms with Crippen molar-refractivity contribution in [3.05, 3.63) is 0 Å². The minimum Gasteiger partial charge on any atom is -0.342 e. The molecule has 2 rings (SSSR count). The topological polar surface area (TPSA) is 83.6 Å². The van der Waals surface area contributed by atoms with E-state index in [9.17, 15) is 18.0 Å². The Bertz CT molecular complexity index is 541. The minimum absolute atomic E-state index is 0.0517. The molecule has 0 aromatic rings. The number of piperazine rings is 1. The van der Waals surface area contributed by atoms with Crippen LogP contribution in [-0.4, -0.2) is 54.8 Å². The Balaban J connectivity index is 2.22. The van der Waals surface area contributed by atoms with E-state index in [0.29, 0.717) is 6.42 Å². The Morgan fingerprint density at radius 3 is 2.38 bits per heavy atom. The summed E-state index contributed by atoms with van der Waals surface area (Å²) in [5.74, 6) is -0.123. The van der Waals surface area contributed by atoms with Crippen LogP contribution in [0, 0.1) is 5.92 Å². The van der Waals surface area contributed by atoms with Crippen LogP contribution in [-0.2, 0) is 19.4 Å². The molecular weight excluding hydrogens is 292 g/mol. The van der Waals surface area contributed by atoms with E-state index in [4.69, 9.17) is 0 Å². The number of carbonyl (C=O) groups excluding carboxylic acids is 2. The maximum Gasteiger partial charge on any atom is 0.246 e. The van der Waals surface area contributed by atoms with E-state index in [1.165, 1.54) is 4.90 Å². The average molecular weight is 316 g/mol. The molecule has 0 aromatic carbocycles. The first-order valence-corrected chi connectivity index (χ1v) is 9.40. The van der Waals surface area contributed by atoms with Crippen LogP contribution < -0.4 is 5.32 Å². The van der Waals surface area contributed by atoms with E-state index in [-0.39, 0.29) is 35.8 Å². The summed E-state index contributed by atoms with van der Waals surface area (Å²) >= 11 is 0. The normalized spacial score (nSPS) is 30.4. The van der Waals surface area contributed by atoms with Gasteiger partial charge in [-0.25, -0.2) is 8.42 Å². The fourth-order valence-corrected chi connectivity index (χ4v) is 3.47. The molecule has 0 radical (unpaired) electrons. The Morgan fingerprint density at radius 2 is 1.90 bits per heavy atom. The summed E-state index contributed by atoms with van der Waals surface area (Å²) < 4.78 is 23.4. The van der Waals surface area contributed by atoms with Gasteiger partial charge in [-0.2, -0.15) is 0 Å². The number of sulfone groups is 1. The molecule has 7 heteroatoms. The first-order valence-electron chi connectivity index (χ1n) is 7.58. The first kappa shape index (κ1) is 16.3. The Morgan fingerprint density at radius 1 is 1.29 bits per heavy atom. The summed E-state index contributed by atoms with van der Waals surface area (Å²) in [5, 5.41) is 2.83. The molecular formula is C14H24N2O4S. The summed E-state index contributed by atoms with van der Waals surface area (Å²) in [6, 6.07) is -0.471. The number of nitrogens with zero attached hydrogens (tertiary/aromatic N) is 1. The molecule has 120 valence electrons. The van der Waals surface area contributed by atoms with Crippen molar-refractivity contribution in [2.24, 2.45) is 5.92 Å². The molecule has 2 atom stereocenters. The van der Waals surface area contributed by atoms with Gasteiger partial charge in [-0.1, -0.05) is 13.8 Å². The smallest absolute Gasteiger partial charge is 0.246 e. The van der Waals surface area contributed by atoms with Crippen LogP contribution in [0.3, 0.4) is 0 Å². The van der Waals surface area contributed by atoms with Crippen molar-refractivity contribution in [2.75, 3.05) is 18.1 Å². The van der Waals surface area contributed by atoms with Crippen LogP contribution in [0.4, 0.5) is 0 Å². The second-order valence-electron chi connectivity index (χ2n) is 6.14. The molecule has 1 heterocycles. The molecule has 0 aromatic heterocycles. The molecule has 1 saturated heterocycles. The van der Waals surface area contributed by atoms with Crippen molar-refractivity contribution >= 4 is 21.7 Å². The molecule has 1 N–H and O–H groups in total. The first-order chi connectivity index (χ1) is 9.75. The fourth-order valence-electron chi connectivity index (χ4n) is 2.72. The molecule has 1 aliphatic heterocycles. The van der Waals surface area contributed by atoms with Gasteiger partial charge in [0.1, 0.15) is 11.6 Å². The van der Waals surface area contributed by atoms with Crippen LogP contribution in [0.25, 0.3) is 0 Å². The Labute approximate surface area is 126 Å². The van der Waals surface area contributed by atoms with E-state index in [2.05, 4.69) is 5.32 Å². The summed E-state index contributed by atoms with van der Waals surface area (Å²) in [4.78, 5) is 26.5. The van der Waals surface area contributed by atoms with Crippen molar-refractivity contribution in [1.82, 2.24) is 10.2 Å². The Kier molecular flexibility index (Phi) is 4.33. The van der Waals surface area contributed by atoms with Crippen LogP contribution >= 0.6 is 0 Å². The second-order valence-corrected chi connectivity index (χ2v) is 8.61. The van der Waals surface area contributed by atoms with Gasteiger partial charge in [0.05, 0.1) is 5.75 Å². The van der Waals surface area contributed by atoms with Gasteiger partial charge in [-0.15, -0.1) is 0 Å². The quantitative estimate of drug-likeness (QED) is 0.765. The van der Waals surface area contributed by atoms with Gasteiger partial charge in [-0.05, 0) is 32.1 Å². The molecule has 0 spiro atoms. The summed E-state index contributed by atoms with van der Waals surface area (Å²) in [6.07, 6.45) is 2.36. The maximum absolute atomic E-state index is 12.6. The predicted molar refractivity (Wildman–Crippen MR) is 79.4 cm³/mol. The van der Waals surface area contributed by atoms with Crippen molar-refractivity contribution in [3.63, 3.8) is 0 Å². The monoisotopic (exact) mass is 316 g/mol. The van der Waals surface area contributed by atoms with Crippen LogP contribution in [0.1, 0.15) is 40.0 Å². The van der Waals surface area contributed by atoms with Gasteiger partial charge >= 0.3 is 0 Å². The third-order valence-corrected chi connectivity index (χ3v) is 6.44. The highest BCUT2D eigenvalue weighted by atomic mass is 32.2. The lowest BCUT2D eigenvalue weighted by atomic mass is 9.89. The lowest BCUT2D eigenvalue weighted by Crippen LogP contribution is -2.70. The van der Waals surface area contributed by atoms with Gasteiger partial charge in [0.15, 0.2) is 9.84 Å². The van der Waals surface area contributed by atoms with E-state index in [0.717, 1.165) is 12.8 Å². The van der Waals surface area contributed by atoms with E-state index >= 15 is 0 Å². The SMILES string of the molecule is CCC1(C)C(=O)NC(C2CC2)C(=O)N1CCS(=O)(=O)CC. The predicted octanol–water partition coefficient (Wildman–Crippen LogP) is 0.327. The maximum atomic E-state index is 12.6. The molecule has 1 aliphatic carbocycles. The van der Waals surface area contributed by atoms with Crippen molar-refractivity contribution in [3.8, 4) is 0 Å². The van der Waals surface area contributed by atoms with E-state index < -0.39 is 21.4 Å². The van der Waals surface area contributed by atoms with Crippen LogP contribution in [0.15, 0.2) is 0 Å². The molecule has 6 nitrogen and oxygen atoms in total. The summed E-state index contributed by atoms with van der Waals surface area (Å²) in [5.41, 5.74) is -0.953. The summed E-state index contributed by atoms with van der Waals surface area (Å²) in [6.45, 7) is 5.23. The van der Waals surface area contributed by atoms with Gasteiger partial charge < -0.3 is 10.2 Å². The number of rotatable bonds is 6. The lowest BCUT2D eigenvalue weighted by Gasteiger charge is -2.46. The zero-order valence-corrected chi connectivity index (χ0v) is 13.7. The van der Waals surface area contributed by atoms with E-state index in [1.807, 2.05) is 6.92 Å². The molecule has 2 fully saturated rings. The molecule has 1 saturated carbocycles. The summed E-state index contributed by atoms with van der Waals surface area (Å²) in [7, 11) is -3.17. The number of carbonyl (C=O) groups is 2. The number of hydrogen-bond acceptors (Lipinski definition) is 4. The fraction of sp³-hybridized carbons (Fsp3) is 0.857. The molecule has 0 bridgehead atoms. The number of hydrogen-bond donors (Lipinski definition) is 1. The van der Waals surface area contributed by atoms with Gasteiger partial charge in [-0.3, -0.25) is 9.59 Å². The van der Waals surface area contributed by atoms with E-state index in [1.54, 1.807) is 13.8 Å². The molecule has 2 amide bonds. The molecule has 2 unspecified atom stereocenters. The molecule has 21 heavy (non-hydrogen) atoms. The van der Waals surface area contributed by atoms with Gasteiger partial charge in [0.2, 0.25) is 11.8 Å². The highest BCUT2D eigenvalue weighted by Gasteiger charge is 2.52. The van der Waals surface area contributed by atoms with Crippen LogP contribution in [0.5, 0.6) is 0 Å². The zero-order chi connectivity index (χ0) is 15.8. The van der Waals surface area contributed by atoms with Gasteiger partial charge in [0.25, 0.3) is 0 Å². The number of amides is 2. The minimum atomic E-state index is -3.17. The average Bonchev–Trinajstić information content (AvgIpc) is 3.27. The third-order valence-electron chi connectivity index (χ3n) is 4.75. The van der Waals surface area contributed by atoms with Crippen molar-refractivity contribution in [2.45, 2.75) is 51.6 Å². The molecule has 2 aliphatic rings. The Hall–Kier alpha value is -1.11. The largest absolute Gasteiger partial charge is 0.342 e. The van der Waals surface area contributed by atoms with Gasteiger partial charge in [0, 0.05) is 12.3 Å². The standard InChI is InChI=1S/C14H24N2O4S/c1-4-14(3)13(18)15-11(10-6-7-10)12(17)16(14)8-9-21(19,20)5-2/h10-11H,4-9H2,1-3H3,(H,15,18). The van der Waals surface area contributed by atoms with Crippen molar-refractivity contribution in [1.29, 1.82) is 0 Å². The van der Waals surface area contributed by atoms with Crippen molar-refractivity contribution < 1.29 is 18.0 Å². The zero-order valence-electron chi connectivity index (χ0n) is 12.9. The highest BCUT2D eigenvalue weighted by Crippen LogP contribution is 2.37. The lowest BCUT2D eigenvalue weighted by molar-refractivity contribution is -0.156. The second kappa shape index (κ2) is 5.59. The highest BCUT2D eigenvalue weighted by molar-refractivity contribution is 7.91. The van der Waals surface area contributed by atoms with Crippen LogP contribution in [0.2, 0.25) is 0 Å².